The maximum absolute atomic E-state index is 11.7. The Hall–Kier alpha value is -1.95. The van der Waals surface area contributed by atoms with E-state index in [-0.39, 0.29) is 5.56 Å². The van der Waals surface area contributed by atoms with Crippen LogP contribution in [0.2, 0.25) is 0 Å². The van der Waals surface area contributed by atoms with Gasteiger partial charge in [0, 0.05) is 6.54 Å². The number of fused-ring (bicyclic) bond motifs is 1. The molecule has 0 unspecified atom stereocenters. The maximum Gasteiger partial charge on any atom is 0.278 e. The van der Waals surface area contributed by atoms with E-state index in [0.717, 1.165) is 24.4 Å². The van der Waals surface area contributed by atoms with Gasteiger partial charge in [-0.25, -0.2) is 9.97 Å². The minimum absolute atomic E-state index is 0.193. The van der Waals surface area contributed by atoms with Gasteiger partial charge in [0.15, 0.2) is 11.2 Å². The summed E-state index contributed by atoms with van der Waals surface area (Å²) in [7, 11) is 0. The highest BCUT2D eigenvalue weighted by Gasteiger charge is 2.17. The van der Waals surface area contributed by atoms with Gasteiger partial charge in [-0.1, -0.05) is 6.08 Å². The van der Waals surface area contributed by atoms with E-state index in [1.165, 1.54) is 6.33 Å². The van der Waals surface area contributed by atoms with Crippen LogP contribution in [0, 0.1) is 0 Å². The van der Waals surface area contributed by atoms with Gasteiger partial charge in [-0.05, 0) is 18.9 Å². The van der Waals surface area contributed by atoms with Crippen LogP contribution in [0.25, 0.3) is 16.7 Å². The lowest BCUT2D eigenvalue weighted by molar-refractivity contribution is 0.161. The summed E-state index contributed by atoms with van der Waals surface area (Å²) in [6.07, 6.45) is 4.26. The Morgan fingerprint density at radius 3 is 3.17 bits per heavy atom. The fourth-order valence-corrected chi connectivity index (χ4v) is 2.22. The highest BCUT2D eigenvalue weighted by Crippen LogP contribution is 2.22. The molecule has 6 nitrogen and oxygen atoms in total. The Bertz CT molecular complexity index is 668. The molecular weight excluding hydrogens is 232 g/mol. The van der Waals surface area contributed by atoms with Gasteiger partial charge in [0.1, 0.15) is 5.82 Å². The number of hydrogen-bond acceptors (Lipinski definition) is 4. The fourth-order valence-electron chi connectivity index (χ4n) is 2.22. The predicted molar refractivity (Wildman–Crippen MR) is 67.2 cm³/mol. The van der Waals surface area contributed by atoms with Crippen molar-refractivity contribution >= 4 is 16.7 Å². The molecule has 1 aliphatic heterocycles. The monoisotopic (exact) mass is 246 g/mol. The standard InChI is InChI=1S/C12H14N4O2/c1-2-16-10(8-3-5-18-6-4-8)15-9-11(16)13-7-14-12(9)17/h3,7H,2,4-6H2,1H3,(H,13,14,17). The number of nitrogens with one attached hydrogen (secondary N) is 1. The van der Waals surface area contributed by atoms with Crippen molar-refractivity contribution in [3.8, 4) is 0 Å². The summed E-state index contributed by atoms with van der Waals surface area (Å²) < 4.78 is 7.27. The van der Waals surface area contributed by atoms with Crippen molar-refractivity contribution in [2.75, 3.05) is 13.2 Å². The average molecular weight is 246 g/mol. The first-order valence-electron chi connectivity index (χ1n) is 6.02. The van der Waals surface area contributed by atoms with Gasteiger partial charge in [0.25, 0.3) is 5.56 Å². The highest BCUT2D eigenvalue weighted by molar-refractivity contribution is 5.75. The first-order chi connectivity index (χ1) is 8.81. The maximum atomic E-state index is 11.7. The van der Waals surface area contributed by atoms with Gasteiger partial charge in [-0.15, -0.1) is 0 Å². The number of aromatic nitrogens is 4. The zero-order valence-electron chi connectivity index (χ0n) is 10.1. The molecule has 0 amide bonds. The molecule has 0 spiro atoms. The number of hydrogen-bond donors (Lipinski definition) is 1. The molecule has 2 aromatic rings. The molecule has 1 N–H and O–H groups in total. The van der Waals surface area contributed by atoms with Crippen LogP contribution >= 0.6 is 0 Å². The first kappa shape index (κ1) is 11.2. The second-order valence-corrected chi connectivity index (χ2v) is 4.14. The summed E-state index contributed by atoms with van der Waals surface area (Å²) in [4.78, 5) is 22.9. The van der Waals surface area contributed by atoms with Crippen molar-refractivity contribution in [1.29, 1.82) is 0 Å². The van der Waals surface area contributed by atoms with Gasteiger partial charge in [0.05, 0.1) is 19.5 Å². The van der Waals surface area contributed by atoms with E-state index >= 15 is 0 Å². The number of ether oxygens (including phenoxy) is 1. The van der Waals surface area contributed by atoms with Gasteiger partial charge in [-0.3, -0.25) is 4.79 Å². The van der Waals surface area contributed by atoms with Crippen LogP contribution in [-0.2, 0) is 11.3 Å². The number of H-pyrrole nitrogens is 1. The summed E-state index contributed by atoms with van der Waals surface area (Å²) in [5.74, 6) is 0.833. The molecule has 0 atom stereocenters. The zero-order valence-corrected chi connectivity index (χ0v) is 10.1. The quantitative estimate of drug-likeness (QED) is 0.856. The van der Waals surface area contributed by atoms with Crippen LogP contribution in [-0.4, -0.2) is 32.7 Å². The topological polar surface area (TPSA) is 72.8 Å². The Morgan fingerprint density at radius 2 is 2.44 bits per heavy atom. The normalized spacial score (nSPS) is 15.9. The molecule has 3 rings (SSSR count). The fraction of sp³-hybridized carbons (Fsp3) is 0.417. The molecule has 6 heteroatoms. The second-order valence-electron chi connectivity index (χ2n) is 4.14. The molecular formula is C12H14N4O2. The van der Waals surface area contributed by atoms with Crippen LogP contribution in [0.3, 0.4) is 0 Å². The molecule has 2 aromatic heterocycles. The smallest absolute Gasteiger partial charge is 0.278 e. The Morgan fingerprint density at radius 1 is 1.56 bits per heavy atom. The molecule has 1 aliphatic rings. The van der Waals surface area contributed by atoms with Gasteiger partial charge < -0.3 is 14.3 Å². The number of aromatic amines is 1. The molecule has 3 heterocycles. The summed E-state index contributed by atoms with van der Waals surface area (Å²) in [5.41, 5.74) is 1.98. The summed E-state index contributed by atoms with van der Waals surface area (Å²) in [6.45, 7) is 4.06. The van der Waals surface area contributed by atoms with Crippen molar-refractivity contribution in [3.05, 3.63) is 28.6 Å². The third kappa shape index (κ3) is 1.65. The molecule has 18 heavy (non-hydrogen) atoms. The zero-order chi connectivity index (χ0) is 12.5. The van der Waals surface area contributed by atoms with Crippen molar-refractivity contribution in [2.24, 2.45) is 0 Å². The highest BCUT2D eigenvalue weighted by atomic mass is 16.5. The van der Waals surface area contributed by atoms with Gasteiger partial charge in [0.2, 0.25) is 0 Å². The van der Waals surface area contributed by atoms with Crippen molar-refractivity contribution in [2.45, 2.75) is 19.9 Å². The molecule has 0 bridgehead atoms. The van der Waals surface area contributed by atoms with Gasteiger partial charge in [-0.2, -0.15) is 0 Å². The van der Waals surface area contributed by atoms with Gasteiger partial charge >= 0.3 is 0 Å². The summed E-state index contributed by atoms with van der Waals surface area (Å²) in [5, 5.41) is 0. The van der Waals surface area contributed by atoms with Crippen molar-refractivity contribution in [1.82, 2.24) is 19.5 Å². The Kier molecular flexibility index (Phi) is 2.71. The SMILES string of the molecule is CCn1c(C2=CCOCC2)nc2c(=O)[nH]cnc21. The minimum atomic E-state index is -0.193. The first-order valence-corrected chi connectivity index (χ1v) is 6.02. The molecule has 0 saturated carbocycles. The van der Waals surface area contributed by atoms with Crippen LogP contribution < -0.4 is 5.56 Å². The van der Waals surface area contributed by atoms with Crippen molar-refractivity contribution < 1.29 is 4.74 Å². The van der Waals surface area contributed by atoms with E-state index in [1.54, 1.807) is 0 Å². The van der Waals surface area contributed by atoms with E-state index in [1.807, 2.05) is 17.6 Å². The molecule has 94 valence electrons. The predicted octanol–water partition coefficient (Wildman–Crippen LogP) is 0.943. The van der Waals surface area contributed by atoms with Crippen LogP contribution in [0.4, 0.5) is 0 Å². The molecule has 0 aliphatic carbocycles. The number of imidazole rings is 1. The third-order valence-electron chi connectivity index (χ3n) is 3.11. The van der Waals surface area contributed by atoms with Crippen LogP contribution in [0.5, 0.6) is 0 Å². The Labute approximate surface area is 103 Å². The van der Waals surface area contributed by atoms with Crippen molar-refractivity contribution in [3.63, 3.8) is 0 Å². The lowest BCUT2D eigenvalue weighted by Gasteiger charge is -2.13. The lowest BCUT2D eigenvalue weighted by atomic mass is 10.1. The molecule has 0 aromatic carbocycles. The average Bonchev–Trinajstić information content (AvgIpc) is 2.80. The molecule has 0 radical (unpaired) electrons. The van der Waals surface area contributed by atoms with E-state index in [4.69, 9.17) is 4.74 Å². The largest absolute Gasteiger partial charge is 0.377 e. The Balaban J connectivity index is 2.26. The third-order valence-corrected chi connectivity index (χ3v) is 3.11. The summed E-state index contributed by atoms with van der Waals surface area (Å²) in [6, 6.07) is 0. The summed E-state index contributed by atoms with van der Waals surface area (Å²) >= 11 is 0. The number of aryl methyl sites for hydroxylation is 1. The number of nitrogens with zero attached hydrogens (tertiary/aromatic N) is 3. The lowest BCUT2D eigenvalue weighted by Crippen LogP contribution is -2.09. The second kappa shape index (κ2) is 4.38. The number of rotatable bonds is 2. The van der Waals surface area contributed by atoms with E-state index < -0.39 is 0 Å². The minimum Gasteiger partial charge on any atom is -0.377 e. The van der Waals surface area contributed by atoms with E-state index in [9.17, 15) is 4.79 Å². The van der Waals surface area contributed by atoms with Crippen LogP contribution in [0.1, 0.15) is 19.2 Å². The molecule has 0 fully saturated rings. The molecule has 0 saturated heterocycles. The van der Waals surface area contributed by atoms with E-state index in [0.29, 0.717) is 24.4 Å². The van der Waals surface area contributed by atoms with E-state index in [2.05, 4.69) is 15.0 Å². The van der Waals surface area contributed by atoms with Crippen LogP contribution in [0.15, 0.2) is 17.2 Å².